The van der Waals surface area contributed by atoms with Crippen molar-refractivity contribution in [2.45, 2.75) is 6.92 Å². The molecule has 0 unspecified atom stereocenters. The summed E-state index contributed by atoms with van der Waals surface area (Å²) in [6.45, 7) is 1.50. The molecule has 0 bridgehead atoms. The van der Waals surface area contributed by atoms with Gasteiger partial charge >= 0.3 is 0 Å². The maximum absolute atomic E-state index is 10.4. The second kappa shape index (κ2) is 3.57. The van der Waals surface area contributed by atoms with Gasteiger partial charge in [0.25, 0.3) is 0 Å². The second-order valence-corrected chi connectivity index (χ2v) is 1.43. The Bertz CT molecular complexity index is 78.5. The summed E-state index contributed by atoms with van der Waals surface area (Å²) in [5.74, 6) is 0.0231. The van der Waals surface area contributed by atoms with E-state index in [0.717, 1.165) is 0 Å². The van der Waals surface area contributed by atoms with E-state index in [0.29, 0.717) is 6.17 Å². The first kappa shape index (κ1) is 7.59. The average Bonchev–Trinajstić information content (AvgIpc) is 1.69. The largest absolute Gasteiger partial charge is 0.296 e. The van der Waals surface area contributed by atoms with Crippen molar-refractivity contribution >= 4 is 5.78 Å². The highest BCUT2D eigenvalue weighted by Crippen LogP contribution is 1.84. The maximum Gasteiger partial charge on any atom is 0.168 e. The van der Waals surface area contributed by atoms with Crippen molar-refractivity contribution in [1.29, 1.82) is 0 Å². The van der Waals surface area contributed by atoms with Gasteiger partial charge in [-0.05, 0) is 21.0 Å². The minimum atomic E-state index is 0.0231. The molecule has 3 nitrogen and oxygen atoms in total. The summed E-state index contributed by atoms with van der Waals surface area (Å²) in [4.78, 5) is 10.4. The fraction of sp³-hybridized carbons (Fsp3) is 0.600. The van der Waals surface area contributed by atoms with E-state index in [-0.39, 0.29) is 5.78 Å². The number of carbonyl (C=O) groups is 1. The summed E-state index contributed by atoms with van der Waals surface area (Å²) in [6.07, 6.45) is 0.546. The van der Waals surface area contributed by atoms with Gasteiger partial charge in [0.05, 0.1) is 0 Å². The smallest absolute Gasteiger partial charge is 0.168 e. The van der Waals surface area contributed by atoms with Gasteiger partial charge in [-0.15, -0.1) is 0 Å². The predicted octanol–water partition coefficient (Wildman–Crippen LogP) is -0.496. The molecule has 0 aromatic heterocycles. The Morgan fingerprint density at radius 3 is 1.62 bits per heavy atom. The predicted molar refractivity (Wildman–Crippen MR) is 32.0 cm³/mol. The van der Waals surface area contributed by atoms with Gasteiger partial charge < -0.3 is 0 Å². The Kier molecular flexibility index (Phi) is 3.39. The number of likely N-dealkylation sites (N-methyl/N-ethyl adjacent to an activating group) is 2. The van der Waals surface area contributed by atoms with E-state index in [9.17, 15) is 4.79 Å². The number of Topliss-reactive ketones (excluding diaryl/α,β-unsaturated/α-hetero) is 1. The first-order valence-corrected chi connectivity index (χ1v) is 2.45. The van der Waals surface area contributed by atoms with Gasteiger partial charge in [0, 0.05) is 0 Å². The van der Waals surface area contributed by atoms with Crippen LogP contribution in [0, 0.1) is 6.17 Å². The third kappa shape index (κ3) is 2.04. The van der Waals surface area contributed by atoms with E-state index in [1.54, 1.807) is 14.1 Å². The second-order valence-electron chi connectivity index (χ2n) is 1.43. The highest BCUT2D eigenvalue weighted by atomic mass is 16.1. The number of carbonyl (C=O) groups excluding carboxylic acids is 1. The van der Waals surface area contributed by atoms with Crippen molar-refractivity contribution < 1.29 is 4.79 Å². The molecule has 0 rings (SSSR count). The third-order valence-corrected chi connectivity index (χ3v) is 0.852. The molecule has 0 heterocycles. The molecule has 0 aromatic carbocycles. The average molecular weight is 115 g/mol. The summed E-state index contributed by atoms with van der Waals surface area (Å²) in [7, 11) is 3.40. The lowest BCUT2D eigenvalue weighted by Gasteiger charge is -2.07. The minimum Gasteiger partial charge on any atom is -0.296 e. The Hall–Kier alpha value is -0.410. The number of nitrogens with one attached hydrogen (secondary N) is 2. The fourth-order valence-electron chi connectivity index (χ4n) is 0.477. The van der Waals surface area contributed by atoms with Crippen molar-refractivity contribution in [3.05, 3.63) is 6.17 Å². The molecule has 47 valence electrons. The van der Waals surface area contributed by atoms with Gasteiger partial charge in [0.1, 0.15) is 0 Å². The van der Waals surface area contributed by atoms with Gasteiger partial charge in [0.2, 0.25) is 0 Å². The van der Waals surface area contributed by atoms with Crippen molar-refractivity contribution in [3.8, 4) is 0 Å². The lowest BCUT2D eigenvalue weighted by Crippen LogP contribution is -2.34. The molecule has 1 radical (unpaired) electrons. The van der Waals surface area contributed by atoms with E-state index in [4.69, 9.17) is 0 Å². The summed E-state index contributed by atoms with van der Waals surface area (Å²) >= 11 is 0. The molecule has 0 spiro atoms. The Balaban J connectivity index is 3.52. The summed E-state index contributed by atoms with van der Waals surface area (Å²) in [5.41, 5.74) is 0. The molecule has 3 heteroatoms. The van der Waals surface area contributed by atoms with Crippen molar-refractivity contribution in [3.63, 3.8) is 0 Å². The van der Waals surface area contributed by atoms with Crippen LogP contribution in [-0.4, -0.2) is 19.9 Å². The van der Waals surface area contributed by atoms with Gasteiger partial charge in [-0.2, -0.15) is 0 Å². The number of rotatable bonds is 3. The summed E-state index contributed by atoms with van der Waals surface area (Å²) in [5, 5.41) is 5.41. The summed E-state index contributed by atoms with van der Waals surface area (Å²) in [6, 6.07) is 0. The van der Waals surface area contributed by atoms with Crippen LogP contribution in [0.2, 0.25) is 0 Å². The lowest BCUT2D eigenvalue weighted by atomic mass is 10.3. The molecule has 0 aliphatic heterocycles. The molecule has 0 aliphatic rings. The van der Waals surface area contributed by atoms with Crippen molar-refractivity contribution in [2.24, 2.45) is 0 Å². The normalized spacial score (nSPS) is 10.0. The number of ketones is 1. The molecule has 8 heavy (non-hydrogen) atoms. The van der Waals surface area contributed by atoms with Crippen LogP contribution in [0.4, 0.5) is 0 Å². The maximum atomic E-state index is 10.4. The molecular weight excluding hydrogens is 104 g/mol. The van der Waals surface area contributed by atoms with Gasteiger partial charge in [0.15, 0.2) is 11.9 Å². The molecule has 2 N–H and O–H groups in total. The van der Waals surface area contributed by atoms with E-state index in [1.165, 1.54) is 6.92 Å². The SMILES string of the molecule is CN[C](NC)C(C)=O. The van der Waals surface area contributed by atoms with E-state index in [1.807, 2.05) is 0 Å². The van der Waals surface area contributed by atoms with Crippen LogP contribution < -0.4 is 10.6 Å². The first-order valence-electron chi connectivity index (χ1n) is 2.45. The molecule has 0 saturated heterocycles. The van der Waals surface area contributed by atoms with Crippen LogP contribution >= 0.6 is 0 Å². The van der Waals surface area contributed by atoms with Crippen LogP contribution in [0.15, 0.2) is 0 Å². The lowest BCUT2D eigenvalue weighted by molar-refractivity contribution is -0.116. The Morgan fingerprint density at radius 2 is 1.62 bits per heavy atom. The van der Waals surface area contributed by atoms with E-state index >= 15 is 0 Å². The van der Waals surface area contributed by atoms with E-state index < -0.39 is 0 Å². The third-order valence-electron chi connectivity index (χ3n) is 0.852. The monoisotopic (exact) mass is 115 g/mol. The molecule has 0 amide bonds. The fourth-order valence-corrected chi connectivity index (χ4v) is 0.477. The molecule has 0 saturated carbocycles. The molecule has 0 atom stereocenters. The number of hydrogen-bond acceptors (Lipinski definition) is 3. The Labute approximate surface area is 49.5 Å². The molecular formula is C5H11N2O. The summed E-state index contributed by atoms with van der Waals surface area (Å²) < 4.78 is 0. The van der Waals surface area contributed by atoms with E-state index in [2.05, 4.69) is 10.6 Å². The van der Waals surface area contributed by atoms with Gasteiger partial charge in [-0.1, -0.05) is 0 Å². The van der Waals surface area contributed by atoms with Gasteiger partial charge in [-0.25, -0.2) is 0 Å². The zero-order chi connectivity index (χ0) is 6.57. The topological polar surface area (TPSA) is 41.1 Å². The molecule has 0 aliphatic carbocycles. The van der Waals surface area contributed by atoms with Crippen LogP contribution in [-0.2, 0) is 4.79 Å². The van der Waals surface area contributed by atoms with Crippen molar-refractivity contribution in [1.82, 2.24) is 10.6 Å². The quantitative estimate of drug-likeness (QED) is 0.521. The van der Waals surface area contributed by atoms with Crippen LogP contribution in [0.5, 0.6) is 0 Å². The minimum absolute atomic E-state index is 0.0231. The van der Waals surface area contributed by atoms with Crippen LogP contribution in [0.3, 0.4) is 0 Å². The molecule has 0 aromatic rings. The molecule has 0 fully saturated rings. The highest BCUT2D eigenvalue weighted by molar-refractivity contribution is 5.88. The van der Waals surface area contributed by atoms with Crippen LogP contribution in [0.1, 0.15) is 6.92 Å². The Morgan fingerprint density at radius 1 is 1.25 bits per heavy atom. The first-order chi connectivity index (χ1) is 3.72. The van der Waals surface area contributed by atoms with Crippen LogP contribution in [0.25, 0.3) is 0 Å². The zero-order valence-corrected chi connectivity index (χ0v) is 5.41. The number of hydrogen-bond donors (Lipinski definition) is 2. The zero-order valence-electron chi connectivity index (χ0n) is 5.41. The standard InChI is InChI=1S/C5H11N2O/c1-4(8)5(6-2)7-3/h6-7H,1-3H3. The van der Waals surface area contributed by atoms with Crippen molar-refractivity contribution in [2.75, 3.05) is 14.1 Å². The van der Waals surface area contributed by atoms with Gasteiger partial charge in [-0.3, -0.25) is 15.4 Å². The highest BCUT2D eigenvalue weighted by Gasteiger charge is 2.07.